The standard InChI is InChI=1S/C21H25ClN6/c1-3-28(4-2)19-11-9-18(10-12-19)25-20-15-24-27-21(26-20)23-14-13-16-5-7-17(22)8-6-16/h5-12,15H,3-4,13-14H2,1-2H3,(H2,23,25,26,27). The average molecular weight is 397 g/mol. The smallest absolute Gasteiger partial charge is 0.244 e. The highest BCUT2D eigenvalue weighted by molar-refractivity contribution is 6.30. The number of benzene rings is 2. The summed E-state index contributed by atoms with van der Waals surface area (Å²) in [6, 6.07) is 16.1. The van der Waals surface area contributed by atoms with Gasteiger partial charge in [-0.15, -0.1) is 5.10 Å². The Bertz CT molecular complexity index is 863. The van der Waals surface area contributed by atoms with Gasteiger partial charge >= 0.3 is 0 Å². The number of nitrogens with zero attached hydrogens (tertiary/aromatic N) is 4. The maximum Gasteiger partial charge on any atom is 0.244 e. The van der Waals surface area contributed by atoms with Crippen LogP contribution in [0.15, 0.2) is 54.7 Å². The second-order valence-electron chi connectivity index (χ2n) is 6.31. The number of aromatic nitrogens is 3. The maximum absolute atomic E-state index is 5.91. The quantitative estimate of drug-likeness (QED) is 0.543. The SMILES string of the molecule is CCN(CC)c1ccc(Nc2cnnc(NCCc3ccc(Cl)cc3)n2)cc1. The van der Waals surface area contributed by atoms with Crippen LogP contribution in [0.1, 0.15) is 19.4 Å². The number of hydrogen-bond acceptors (Lipinski definition) is 6. The van der Waals surface area contributed by atoms with E-state index in [-0.39, 0.29) is 0 Å². The highest BCUT2D eigenvalue weighted by atomic mass is 35.5. The lowest BCUT2D eigenvalue weighted by atomic mass is 10.1. The summed E-state index contributed by atoms with van der Waals surface area (Å²) in [5.74, 6) is 1.15. The topological polar surface area (TPSA) is 66.0 Å². The van der Waals surface area contributed by atoms with Gasteiger partial charge in [-0.1, -0.05) is 23.7 Å². The van der Waals surface area contributed by atoms with Gasteiger partial charge in [-0.05, 0) is 62.2 Å². The molecule has 0 atom stereocenters. The molecule has 0 aliphatic carbocycles. The van der Waals surface area contributed by atoms with Crippen molar-refractivity contribution in [2.75, 3.05) is 35.2 Å². The Morgan fingerprint density at radius 1 is 0.964 bits per heavy atom. The maximum atomic E-state index is 5.91. The van der Waals surface area contributed by atoms with Crippen molar-refractivity contribution in [1.29, 1.82) is 0 Å². The van der Waals surface area contributed by atoms with Crippen LogP contribution in [0.25, 0.3) is 0 Å². The van der Waals surface area contributed by atoms with Crippen LogP contribution in [0.5, 0.6) is 0 Å². The molecule has 0 aliphatic rings. The van der Waals surface area contributed by atoms with Crippen LogP contribution in [0.4, 0.5) is 23.1 Å². The number of rotatable bonds is 9. The van der Waals surface area contributed by atoms with E-state index in [4.69, 9.17) is 11.6 Å². The van der Waals surface area contributed by atoms with Gasteiger partial charge in [0.1, 0.15) is 0 Å². The van der Waals surface area contributed by atoms with Crippen LogP contribution in [-0.2, 0) is 6.42 Å². The van der Waals surface area contributed by atoms with Gasteiger partial charge in [0, 0.05) is 36.0 Å². The summed E-state index contributed by atoms with van der Waals surface area (Å²) < 4.78 is 0. The fraction of sp³-hybridized carbons (Fsp3) is 0.286. The molecule has 0 radical (unpaired) electrons. The predicted molar refractivity (Wildman–Crippen MR) is 117 cm³/mol. The van der Waals surface area contributed by atoms with E-state index >= 15 is 0 Å². The first kappa shape index (κ1) is 19.9. The molecule has 2 aromatic carbocycles. The van der Waals surface area contributed by atoms with E-state index in [1.165, 1.54) is 11.3 Å². The van der Waals surface area contributed by atoms with Gasteiger partial charge in [0.2, 0.25) is 5.95 Å². The molecule has 0 saturated carbocycles. The van der Waals surface area contributed by atoms with Crippen molar-refractivity contribution in [2.45, 2.75) is 20.3 Å². The van der Waals surface area contributed by atoms with Crippen molar-refractivity contribution >= 4 is 34.7 Å². The van der Waals surface area contributed by atoms with Gasteiger partial charge in [-0.25, -0.2) is 0 Å². The lowest BCUT2D eigenvalue weighted by Crippen LogP contribution is -2.21. The first-order valence-corrected chi connectivity index (χ1v) is 9.85. The second-order valence-corrected chi connectivity index (χ2v) is 6.75. The van der Waals surface area contributed by atoms with E-state index in [1.807, 2.05) is 36.4 Å². The Balaban J connectivity index is 1.56. The molecule has 28 heavy (non-hydrogen) atoms. The molecule has 0 saturated heterocycles. The molecular weight excluding hydrogens is 372 g/mol. The van der Waals surface area contributed by atoms with Gasteiger partial charge in [-0.2, -0.15) is 10.1 Å². The van der Waals surface area contributed by atoms with Crippen LogP contribution in [0.2, 0.25) is 5.02 Å². The van der Waals surface area contributed by atoms with E-state index in [1.54, 1.807) is 6.20 Å². The lowest BCUT2D eigenvalue weighted by Gasteiger charge is -2.21. The van der Waals surface area contributed by atoms with E-state index in [9.17, 15) is 0 Å². The first-order chi connectivity index (χ1) is 13.7. The summed E-state index contributed by atoms with van der Waals surface area (Å²) in [6.07, 6.45) is 2.47. The molecule has 0 unspecified atom stereocenters. The Kier molecular flexibility index (Phi) is 7.03. The molecule has 6 nitrogen and oxygen atoms in total. The minimum absolute atomic E-state index is 0.499. The Morgan fingerprint density at radius 2 is 1.68 bits per heavy atom. The third-order valence-electron chi connectivity index (χ3n) is 4.44. The van der Waals surface area contributed by atoms with Gasteiger partial charge < -0.3 is 15.5 Å². The van der Waals surface area contributed by atoms with Crippen LogP contribution >= 0.6 is 11.6 Å². The summed E-state index contributed by atoms with van der Waals surface area (Å²) in [5.41, 5.74) is 3.37. The first-order valence-electron chi connectivity index (χ1n) is 9.48. The van der Waals surface area contributed by atoms with Crippen molar-refractivity contribution < 1.29 is 0 Å². The summed E-state index contributed by atoms with van der Waals surface area (Å²) in [7, 11) is 0. The van der Waals surface area contributed by atoms with Crippen LogP contribution in [-0.4, -0.2) is 34.8 Å². The van der Waals surface area contributed by atoms with E-state index in [0.29, 0.717) is 18.3 Å². The summed E-state index contributed by atoms with van der Waals surface area (Å²) >= 11 is 5.91. The van der Waals surface area contributed by atoms with Crippen molar-refractivity contribution in [3.05, 3.63) is 65.3 Å². The normalized spacial score (nSPS) is 10.5. The molecule has 146 valence electrons. The van der Waals surface area contributed by atoms with Crippen molar-refractivity contribution in [2.24, 2.45) is 0 Å². The minimum Gasteiger partial charge on any atom is -0.372 e. The van der Waals surface area contributed by atoms with Crippen molar-refractivity contribution in [3.63, 3.8) is 0 Å². The molecule has 1 aromatic heterocycles. The fourth-order valence-electron chi connectivity index (χ4n) is 2.90. The van der Waals surface area contributed by atoms with Gasteiger partial charge in [0.15, 0.2) is 5.82 Å². The van der Waals surface area contributed by atoms with E-state index in [0.717, 1.165) is 30.2 Å². The highest BCUT2D eigenvalue weighted by Crippen LogP contribution is 2.20. The van der Waals surface area contributed by atoms with Gasteiger partial charge in [0.05, 0.1) is 6.20 Å². The Labute approximate surface area is 171 Å². The van der Waals surface area contributed by atoms with Crippen molar-refractivity contribution in [3.8, 4) is 0 Å². The third-order valence-corrected chi connectivity index (χ3v) is 4.69. The number of nitrogens with one attached hydrogen (secondary N) is 2. The van der Waals surface area contributed by atoms with Gasteiger partial charge in [-0.3, -0.25) is 0 Å². The average Bonchev–Trinajstić information content (AvgIpc) is 2.72. The molecule has 0 amide bonds. The predicted octanol–water partition coefficient (Wildman–Crippen LogP) is 4.77. The van der Waals surface area contributed by atoms with Crippen LogP contribution in [0, 0.1) is 0 Å². The number of hydrogen-bond donors (Lipinski definition) is 2. The molecule has 3 aromatic rings. The zero-order valence-corrected chi connectivity index (χ0v) is 16.9. The fourth-order valence-corrected chi connectivity index (χ4v) is 3.03. The molecular formula is C21H25ClN6. The summed E-state index contributed by atoms with van der Waals surface area (Å²) in [5, 5.41) is 15.3. The molecule has 0 bridgehead atoms. The highest BCUT2D eigenvalue weighted by Gasteiger charge is 2.04. The van der Waals surface area contributed by atoms with Crippen molar-refractivity contribution in [1.82, 2.24) is 15.2 Å². The minimum atomic E-state index is 0.499. The zero-order valence-electron chi connectivity index (χ0n) is 16.2. The van der Waals surface area contributed by atoms with Crippen LogP contribution in [0.3, 0.4) is 0 Å². The molecule has 7 heteroatoms. The third kappa shape index (κ3) is 5.57. The summed E-state index contributed by atoms with van der Waals surface area (Å²) in [6.45, 7) is 7.01. The second kappa shape index (κ2) is 9.90. The van der Waals surface area contributed by atoms with Gasteiger partial charge in [0.25, 0.3) is 0 Å². The lowest BCUT2D eigenvalue weighted by molar-refractivity contribution is 0.866. The number of anilines is 4. The zero-order chi connectivity index (χ0) is 19.8. The largest absolute Gasteiger partial charge is 0.372 e. The summed E-state index contributed by atoms with van der Waals surface area (Å²) in [4.78, 5) is 6.78. The molecule has 0 aliphatic heterocycles. The van der Waals surface area contributed by atoms with E-state index < -0.39 is 0 Å². The van der Waals surface area contributed by atoms with E-state index in [2.05, 4.69) is 56.7 Å². The Hall–Kier alpha value is -2.86. The van der Waals surface area contributed by atoms with Crippen LogP contribution < -0.4 is 15.5 Å². The number of halogens is 1. The molecule has 0 fully saturated rings. The molecule has 0 spiro atoms. The molecule has 2 N–H and O–H groups in total. The molecule has 3 rings (SSSR count). The monoisotopic (exact) mass is 396 g/mol. The Morgan fingerprint density at radius 3 is 2.36 bits per heavy atom. The molecule has 1 heterocycles.